The lowest BCUT2D eigenvalue weighted by Gasteiger charge is -2.23. The summed E-state index contributed by atoms with van der Waals surface area (Å²) >= 11 is 0. The van der Waals surface area contributed by atoms with Gasteiger partial charge in [0.2, 0.25) is 0 Å². The van der Waals surface area contributed by atoms with Crippen molar-refractivity contribution in [3.05, 3.63) is 65.7 Å². The molecule has 2 nitrogen and oxygen atoms in total. The average Bonchev–Trinajstić information content (AvgIpc) is 2.39. The molecule has 2 aromatic carbocycles. The summed E-state index contributed by atoms with van der Waals surface area (Å²) in [6, 6.07) is 18.4. The molecule has 0 fully saturated rings. The molecule has 0 aliphatic carbocycles. The van der Waals surface area contributed by atoms with Crippen LogP contribution in [0, 0.1) is 0 Å². The van der Waals surface area contributed by atoms with Crippen LogP contribution in [0.25, 0.3) is 0 Å². The van der Waals surface area contributed by atoms with E-state index in [9.17, 15) is 0 Å². The number of hydrogen-bond acceptors (Lipinski definition) is 2. The highest BCUT2D eigenvalue weighted by Crippen LogP contribution is 2.21. The molecule has 1 aliphatic rings. The topological polar surface area (TPSA) is 15.6 Å². The minimum atomic E-state index is 0.813. The van der Waals surface area contributed by atoms with Crippen molar-refractivity contribution in [2.45, 2.75) is 6.54 Å². The van der Waals surface area contributed by atoms with E-state index >= 15 is 0 Å². The first-order chi connectivity index (χ1) is 7.93. The monoisotopic (exact) mass is 207 g/mol. The summed E-state index contributed by atoms with van der Waals surface area (Å²) in [5.74, 6) is 0. The van der Waals surface area contributed by atoms with Crippen molar-refractivity contribution in [3.8, 4) is 0 Å². The van der Waals surface area contributed by atoms with Gasteiger partial charge in [-0.2, -0.15) is 5.10 Å². The Morgan fingerprint density at radius 1 is 0.938 bits per heavy atom. The van der Waals surface area contributed by atoms with Crippen LogP contribution in [0.2, 0.25) is 0 Å². The van der Waals surface area contributed by atoms with Crippen LogP contribution in [0.15, 0.2) is 59.7 Å². The van der Waals surface area contributed by atoms with Crippen LogP contribution in [0.5, 0.6) is 0 Å². The van der Waals surface area contributed by atoms with Crippen molar-refractivity contribution in [2.24, 2.45) is 5.10 Å². The van der Waals surface area contributed by atoms with E-state index < -0.39 is 0 Å². The summed E-state index contributed by atoms with van der Waals surface area (Å²) in [5.41, 5.74) is 3.46. The fraction of sp³-hybridized carbons (Fsp3) is 0.0714. The second-order valence-electron chi connectivity index (χ2n) is 3.76. The first-order valence-electron chi connectivity index (χ1n) is 5.31. The lowest BCUT2D eigenvalue weighted by atomic mass is 10.1. The molecule has 0 bridgehead atoms. The SMILES string of the molecule is [C]1=NN(c2ccccc2)Cc2ccccc21. The molecule has 2 aromatic rings. The highest BCUT2D eigenvalue weighted by atomic mass is 15.5. The Balaban J connectivity index is 1.95. The molecular formula is C14H11N2. The first kappa shape index (κ1) is 9.16. The van der Waals surface area contributed by atoms with E-state index in [1.807, 2.05) is 35.3 Å². The molecule has 3 rings (SSSR count). The fourth-order valence-electron chi connectivity index (χ4n) is 1.83. The third-order valence-corrected chi connectivity index (χ3v) is 2.68. The molecule has 0 spiro atoms. The molecule has 77 valence electrons. The number of rotatable bonds is 1. The van der Waals surface area contributed by atoms with Gasteiger partial charge in [0.1, 0.15) is 6.21 Å². The maximum Gasteiger partial charge on any atom is 0.119 e. The second kappa shape index (κ2) is 3.81. The molecule has 0 atom stereocenters. The zero-order chi connectivity index (χ0) is 10.8. The summed E-state index contributed by atoms with van der Waals surface area (Å²) < 4.78 is 0. The summed E-state index contributed by atoms with van der Waals surface area (Å²) in [6.07, 6.45) is 3.06. The fourth-order valence-corrected chi connectivity index (χ4v) is 1.83. The summed E-state index contributed by atoms with van der Waals surface area (Å²) in [4.78, 5) is 0. The molecule has 16 heavy (non-hydrogen) atoms. The average molecular weight is 207 g/mol. The molecule has 0 saturated heterocycles. The van der Waals surface area contributed by atoms with Crippen LogP contribution in [0.1, 0.15) is 11.1 Å². The highest BCUT2D eigenvalue weighted by Gasteiger charge is 2.12. The molecule has 1 heterocycles. The van der Waals surface area contributed by atoms with Gasteiger partial charge in [0.25, 0.3) is 0 Å². The van der Waals surface area contributed by atoms with Crippen LogP contribution < -0.4 is 5.01 Å². The van der Waals surface area contributed by atoms with Crippen molar-refractivity contribution in [2.75, 3.05) is 5.01 Å². The quantitative estimate of drug-likeness (QED) is 0.702. The van der Waals surface area contributed by atoms with Gasteiger partial charge in [-0.05, 0) is 17.7 Å². The Morgan fingerprint density at radius 3 is 2.56 bits per heavy atom. The summed E-state index contributed by atoms with van der Waals surface area (Å²) in [6.45, 7) is 0.813. The summed E-state index contributed by atoms with van der Waals surface area (Å²) in [7, 11) is 0. The molecule has 0 amide bonds. The van der Waals surface area contributed by atoms with Crippen molar-refractivity contribution < 1.29 is 0 Å². The normalized spacial score (nSPS) is 13.6. The third-order valence-electron chi connectivity index (χ3n) is 2.68. The molecule has 2 heteroatoms. The van der Waals surface area contributed by atoms with E-state index in [0.717, 1.165) is 17.8 Å². The molecule has 0 saturated carbocycles. The van der Waals surface area contributed by atoms with E-state index in [4.69, 9.17) is 0 Å². The maximum atomic E-state index is 4.32. The number of nitrogens with zero attached hydrogens (tertiary/aromatic N) is 2. The standard InChI is InChI=1S/C14H11N2/c1-2-8-14(9-3-1)16-11-13-7-5-4-6-12(13)10-15-16/h1-9H,11H2. The number of hydrazone groups is 1. The van der Waals surface area contributed by atoms with Gasteiger partial charge in [-0.3, -0.25) is 5.01 Å². The predicted molar refractivity (Wildman–Crippen MR) is 65.6 cm³/mol. The Bertz CT molecular complexity index is 517. The van der Waals surface area contributed by atoms with E-state index in [1.165, 1.54) is 5.56 Å². The molecular weight excluding hydrogens is 196 g/mol. The van der Waals surface area contributed by atoms with Gasteiger partial charge in [0.15, 0.2) is 0 Å². The van der Waals surface area contributed by atoms with Gasteiger partial charge >= 0.3 is 0 Å². The predicted octanol–water partition coefficient (Wildman–Crippen LogP) is 2.92. The minimum Gasteiger partial charge on any atom is -0.260 e. The van der Waals surface area contributed by atoms with Crippen LogP contribution in [-0.4, -0.2) is 6.21 Å². The van der Waals surface area contributed by atoms with Crippen molar-refractivity contribution >= 4 is 11.9 Å². The number of benzene rings is 2. The Labute approximate surface area is 94.8 Å². The van der Waals surface area contributed by atoms with E-state index in [0.29, 0.717) is 0 Å². The second-order valence-corrected chi connectivity index (χ2v) is 3.76. The Morgan fingerprint density at radius 2 is 1.69 bits per heavy atom. The van der Waals surface area contributed by atoms with Crippen LogP contribution in [0.4, 0.5) is 5.69 Å². The smallest absolute Gasteiger partial charge is 0.119 e. The van der Waals surface area contributed by atoms with Gasteiger partial charge in [0.05, 0.1) is 12.2 Å². The zero-order valence-corrected chi connectivity index (χ0v) is 8.80. The van der Waals surface area contributed by atoms with Gasteiger partial charge in [0, 0.05) is 5.56 Å². The van der Waals surface area contributed by atoms with Gasteiger partial charge in [-0.15, -0.1) is 0 Å². The number of hydrogen-bond donors (Lipinski definition) is 0. The maximum absolute atomic E-state index is 4.32. The molecule has 1 radical (unpaired) electrons. The molecule has 0 aromatic heterocycles. The van der Waals surface area contributed by atoms with Crippen molar-refractivity contribution in [1.29, 1.82) is 0 Å². The number of fused-ring (bicyclic) bond motifs is 1. The first-order valence-corrected chi connectivity index (χ1v) is 5.31. The number of para-hydroxylation sites is 1. The molecule has 0 unspecified atom stereocenters. The molecule has 0 N–H and O–H groups in total. The van der Waals surface area contributed by atoms with Gasteiger partial charge in [-0.1, -0.05) is 42.5 Å². The zero-order valence-electron chi connectivity index (χ0n) is 8.80. The lowest BCUT2D eigenvalue weighted by Crippen LogP contribution is -2.20. The molecule has 1 aliphatic heterocycles. The number of anilines is 1. The Hall–Kier alpha value is -2.09. The van der Waals surface area contributed by atoms with E-state index in [1.54, 1.807) is 0 Å². The van der Waals surface area contributed by atoms with Crippen LogP contribution >= 0.6 is 0 Å². The van der Waals surface area contributed by atoms with E-state index in [2.05, 4.69) is 35.6 Å². The van der Waals surface area contributed by atoms with Crippen LogP contribution in [0.3, 0.4) is 0 Å². The Kier molecular flexibility index (Phi) is 2.18. The van der Waals surface area contributed by atoms with E-state index in [-0.39, 0.29) is 0 Å². The largest absolute Gasteiger partial charge is 0.260 e. The highest BCUT2D eigenvalue weighted by molar-refractivity contribution is 5.84. The summed E-state index contributed by atoms with van der Waals surface area (Å²) in [5, 5.41) is 6.28. The van der Waals surface area contributed by atoms with Gasteiger partial charge < -0.3 is 0 Å². The van der Waals surface area contributed by atoms with Crippen LogP contribution in [-0.2, 0) is 6.54 Å². The lowest BCUT2D eigenvalue weighted by molar-refractivity contribution is 0.843. The van der Waals surface area contributed by atoms with Gasteiger partial charge in [-0.25, -0.2) is 0 Å². The third kappa shape index (κ3) is 1.58. The van der Waals surface area contributed by atoms with Crippen molar-refractivity contribution in [1.82, 2.24) is 0 Å². The van der Waals surface area contributed by atoms with Crippen molar-refractivity contribution in [3.63, 3.8) is 0 Å². The minimum absolute atomic E-state index is 0.813.